The average molecular weight is 173 g/mol. The molecule has 0 unspecified atom stereocenters. The first-order chi connectivity index (χ1) is 5.45. The molecule has 72 valence electrons. The molecule has 0 atom stereocenters. The Morgan fingerprint density at radius 2 is 2.00 bits per heavy atom. The second-order valence-electron chi connectivity index (χ2n) is 3.90. The predicted octanol–water partition coefficient (Wildman–Crippen LogP) is -0.383. The molecule has 0 radical (unpaired) electrons. The largest absolute Gasteiger partial charge is 0.370 e. The minimum atomic E-state index is 0.524. The predicted molar refractivity (Wildman–Crippen MR) is 53.1 cm³/mol. The maximum atomic E-state index is 5.46. The van der Waals surface area contributed by atoms with Crippen molar-refractivity contribution in [2.45, 2.75) is 6.42 Å². The van der Waals surface area contributed by atoms with Gasteiger partial charge in [-0.15, -0.1) is 0 Å². The lowest BCUT2D eigenvalue weighted by molar-refractivity contribution is -0.870. The molecule has 4 nitrogen and oxygen atoms in total. The van der Waals surface area contributed by atoms with E-state index in [1.165, 1.54) is 0 Å². The van der Waals surface area contributed by atoms with E-state index in [0.717, 1.165) is 24.0 Å². The van der Waals surface area contributed by atoms with Crippen LogP contribution in [0.3, 0.4) is 0 Å². The molecule has 0 bridgehead atoms. The number of rotatable bonds is 4. The van der Waals surface area contributed by atoms with E-state index in [-0.39, 0.29) is 0 Å². The van der Waals surface area contributed by atoms with Gasteiger partial charge in [0.1, 0.15) is 0 Å². The highest BCUT2D eigenvalue weighted by molar-refractivity contribution is 5.77. The summed E-state index contributed by atoms with van der Waals surface area (Å²) >= 11 is 0. The van der Waals surface area contributed by atoms with Crippen molar-refractivity contribution in [2.24, 2.45) is 10.7 Å². The fourth-order valence-electron chi connectivity index (χ4n) is 0.849. The molecule has 4 heteroatoms. The lowest BCUT2D eigenvalue weighted by atomic mass is 10.4. The van der Waals surface area contributed by atoms with E-state index >= 15 is 0 Å². The molecule has 0 aromatic carbocycles. The number of hydrogen-bond acceptors (Lipinski definition) is 1. The van der Waals surface area contributed by atoms with Crippen molar-refractivity contribution in [3.8, 4) is 0 Å². The van der Waals surface area contributed by atoms with Gasteiger partial charge in [0.25, 0.3) is 0 Å². The summed E-state index contributed by atoms with van der Waals surface area (Å²) in [4.78, 5) is 3.80. The molecule has 0 aliphatic carbocycles. The smallest absolute Gasteiger partial charge is 0.188 e. The van der Waals surface area contributed by atoms with Crippen LogP contribution in [0.2, 0.25) is 0 Å². The summed E-state index contributed by atoms with van der Waals surface area (Å²) in [6, 6.07) is 0. The number of quaternary nitrogens is 1. The number of nitrogens with one attached hydrogen (secondary N) is 1. The minimum Gasteiger partial charge on any atom is -0.370 e. The van der Waals surface area contributed by atoms with Crippen LogP contribution < -0.4 is 11.1 Å². The summed E-state index contributed by atoms with van der Waals surface area (Å²) in [5.74, 6) is 0.524. The normalized spacial score (nSPS) is 13.2. The van der Waals surface area contributed by atoms with Gasteiger partial charge in [-0.1, -0.05) is 0 Å². The van der Waals surface area contributed by atoms with Crippen LogP contribution in [0.25, 0.3) is 0 Å². The van der Waals surface area contributed by atoms with E-state index < -0.39 is 0 Å². The summed E-state index contributed by atoms with van der Waals surface area (Å²) in [6.07, 6.45) is 1.11. The molecule has 0 rings (SSSR count). The molecule has 0 aliphatic heterocycles. The fourth-order valence-corrected chi connectivity index (χ4v) is 0.849. The quantitative estimate of drug-likeness (QED) is 0.263. The van der Waals surface area contributed by atoms with Crippen LogP contribution >= 0.6 is 0 Å². The molecule has 0 saturated carbocycles. The van der Waals surface area contributed by atoms with Crippen molar-refractivity contribution in [2.75, 3.05) is 41.3 Å². The van der Waals surface area contributed by atoms with Gasteiger partial charge in [0, 0.05) is 20.0 Å². The van der Waals surface area contributed by atoms with E-state index in [0.29, 0.717) is 5.96 Å². The van der Waals surface area contributed by atoms with E-state index in [9.17, 15) is 0 Å². The number of hydrogen-bond donors (Lipinski definition) is 2. The van der Waals surface area contributed by atoms with Gasteiger partial charge in [0.2, 0.25) is 0 Å². The van der Waals surface area contributed by atoms with E-state index in [1.54, 1.807) is 7.05 Å². The molecule has 0 amide bonds. The van der Waals surface area contributed by atoms with Crippen LogP contribution in [-0.4, -0.2) is 51.7 Å². The first-order valence-electron chi connectivity index (χ1n) is 4.22. The van der Waals surface area contributed by atoms with Crippen molar-refractivity contribution in [3.05, 3.63) is 0 Å². The topological polar surface area (TPSA) is 50.4 Å². The lowest BCUT2D eigenvalue weighted by Gasteiger charge is -2.23. The van der Waals surface area contributed by atoms with Gasteiger partial charge in [0.15, 0.2) is 5.96 Å². The van der Waals surface area contributed by atoms with Gasteiger partial charge in [0.05, 0.1) is 27.7 Å². The highest BCUT2D eigenvalue weighted by atomic mass is 15.3. The van der Waals surface area contributed by atoms with Crippen LogP contribution in [0.4, 0.5) is 0 Å². The van der Waals surface area contributed by atoms with Gasteiger partial charge in [-0.3, -0.25) is 4.99 Å². The Morgan fingerprint density at radius 3 is 2.42 bits per heavy atom. The summed E-state index contributed by atoms with van der Waals surface area (Å²) in [5.41, 5.74) is 5.46. The minimum absolute atomic E-state index is 0.524. The van der Waals surface area contributed by atoms with Crippen molar-refractivity contribution >= 4 is 5.96 Å². The molecule has 0 aromatic rings. The summed E-state index contributed by atoms with van der Waals surface area (Å²) in [7, 11) is 8.22. The van der Waals surface area contributed by atoms with Crippen LogP contribution in [0, 0.1) is 0 Å². The average Bonchev–Trinajstić information content (AvgIpc) is 1.96. The maximum Gasteiger partial charge on any atom is 0.188 e. The number of aliphatic imine (C=N–C) groups is 1. The third kappa shape index (κ3) is 7.34. The molecule has 0 heterocycles. The second kappa shape index (κ2) is 4.98. The first kappa shape index (κ1) is 11.2. The highest BCUT2D eigenvalue weighted by Crippen LogP contribution is 1.91. The Morgan fingerprint density at radius 1 is 1.42 bits per heavy atom. The van der Waals surface area contributed by atoms with E-state index in [1.807, 2.05) is 0 Å². The maximum absolute atomic E-state index is 5.46. The zero-order valence-corrected chi connectivity index (χ0v) is 8.59. The summed E-state index contributed by atoms with van der Waals surface area (Å²) < 4.78 is 0.991. The van der Waals surface area contributed by atoms with Crippen LogP contribution in [-0.2, 0) is 0 Å². The Kier molecular flexibility index (Phi) is 4.66. The molecule has 0 spiro atoms. The van der Waals surface area contributed by atoms with Gasteiger partial charge in [-0.05, 0) is 0 Å². The molecule has 0 aromatic heterocycles. The zero-order valence-electron chi connectivity index (χ0n) is 8.59. The van der Waals surface area contributed by atoms with Gasteiger partial charge in [-0.2, -0.15) is 0 Å². The molecular weight excluding hydrogens is 152 g/mol. The van der Waals surface area contributed by atoms with Crippen molar-refractivity contribution in [3.63, 3.8) is 0 Å². The van der Waals surface area contributed by atoms with Crippen molar-refractivity contribution < 1.29 is 4.48 Å². The van der Waals surface area contributed by atoms with Crippen LogP contribution in [0.1, 0.15) is 6.42 Å². The van der Waals surface area contributed by atoms with Gasteiger partial charge < -0.3 is 15.5 Å². The van der Waals surface area contributed by atoms with Crippen molar-refractivity contribution in [1.29, 1.82) is 0 Å². The second-order valence-corrected chi connectivity index (χ2v) is 3.90. The Labute approximate surface area is 75.0 Å². The number of guanidine groups is 1. The van der Waals surface area contributed by atoms with E-state index in [4.69, 9.17) is 5.73 Å². The standard InChI is InChI=1S/C8H21N4/c1-10-8(9)11-6-5-7-12(2,3)4/h5-7H2,1-4H3,(H3,9,10,11)/q+1. The Hall–Kier alpha value is -0.770. The van der Waals surface area contributed by atoms with Gasteiger partial charge in [-0.25, -0.2) is 0 Å². The molecule has 3 N–H and O–H groups in total. The van der Waals surface area contributed by atoms with Crippen LogP contribution in [0.15, 0.2) is 4.99 Å². The fraction of sp³-hybridized carbons (Fsp3) is 0.875. The first-order valence-corrected chi connectivity index (χ1v) is 4.22. The van der Waals surface area contributed by atoms with E-state index in [2.05, 4.69) is 31.5 Å². The molecule has 0 aliphatic rings. The molecule has 0 fully saturated rings. The molecule has 12 heavy (non-hydrogen) atoms. The lowest BCUT2D eigenvalue weighted by Crippen LogP contribution is -2.38. The van der Waals surface area contributed by atoms with Crippen LogP contribution in [0.5, 0.6) is 0 Å². The SMILES string of the molecule is CN=C(N)NCCC[N+](C)(C)C. The third-order valence-electron chi connectivity index (χ3n) is 1.55. The number of nitrogens with zero attached hydrogens (tertiary/aromatic N) is 2. The molecule has 0 saturated heterocycles. The Bertz CT molecular complexity index is 146. The number of nitrogens with two attached hydrogens (primary N) is 1. The molecular formula is C8H21N4+. The van der Waals surface area contributed by atoms with Crippen molar-refractivity contribution in [1.82, 2.24) is 5.32 Å². The zero-order chi connectivity index (χ0) is 9.61. The third-order valence-corrected chi connectivity index (χ3v) is 1.55. The summed E-state index contributed by atoms with van der Waals surface area (Å²) in [6.45, 7) is 2.04. The Balaban J connectivity index is 3.34. The summed E-state index contributed by atoms with van der Waals surface area (Å²) in [5, 5.41) is 3.02. The highest BCUT2D eigenvalue weighted by Gasteiger charge is 2.04. The monoisotopic (exact) mass is 173 g/mol. The van der Waals surface area contributed by atoms with Gasteiger partial charge >= 0.3 is 0 Å².